The summed E-state index contributed by atoms with van der Waals surface area (Å²) in [5, 5.41) is 10.8. The predicted molar refractivity (Wildman–Crippen MR) is 136 cm³/mol. The normalized spacial score (nSPS) is 49.1. The Balaban J connectivity index is 1.36. The molecule has 2 unspecified atom stereocenters. The van der Waals surface area contributed by atoms with E-state index in [0.29, 0.717) is 35.4 Å². The largest absolute Gasteiger partial charge is 0.390 e. The first-order valence-electron chi connectivity index (χ1n) is 13.9. The van der Waals surface area contributed by atoms with Gasteiger partial charge in [-0.15, -0.1) is 0 Å². The van der Waals surface area contributed by atoms with Crippen LogP contribution in [0.15, 0.2) is 35.2 Å². The molecule has 0 radical (unpaired) electrons. The molecule has 3 nitrogen and oxygen atoms in total. The van der Waals surface area contributed by atoms with E-state index in [4.69, 9.17) is 0 Å². The Morgan fingerprint density at radius 3 is 2.41 bits per heavy atom. The van der Waals surface area contributed by atoms with Crippen molar-refractivity contribution in [1.29, 1.82) is 0 Å². The number of hydrogen-bond donors (Lipinski definition) is 1. The number of carbonyl (C=O) groups excluding carboxylic acids is 1. The number of hydrogen-bond acceptors (Lipinski definition) is 3. The number of rotatable bonds is 4. The van der Waals surface area contributed by atoms with Crippen molar-refractivity contribution in [2.45, 2.75) is 101 Å². The molecule has 0 spiro atoms. The molecule has 186 valence electrons. The number of benzene rings is 1. The maximum atomic E-state index is 14.2. The molecule has 1 N–H and O–H groups in total. The van der Waals surface area contributed by atoms with Gasteiger partial charge in [-0.05, 0) is 117 Å². The first-order valence-corrected chi connectivity index (χ1v) is 15.2. The fourth-order valence-electron chi connectivity index (χ4n) is 9.54. The summed E-state index contributed by atoms with van der Waals surface area (Å²) in [5.74, 6) is 3.36. The van der Waals surface area contributed by atoms with Gasteiger partial charge in [0.05, 0.1) is 16.4 Å². The summed E-state index contributed by atoms with van der Waals surface area (Å²) in [6, 6.07) is 9.76. The van der Waals surface area contributed by atoms with Crippen molar-refractivity contribution >= 4 is 16.6 Å². The van der Waals surface area contributed by atoms with Crippen LogP contribution in [0.3, 0.4) is 0 Å². The fourth-order valence-corrected chi connectivity index (χ4v) is 11.4. The van der Waals surface area contributed by atoms with Crippen LogP contribution in [0.5, 0.6) is 0 Å². The topological polar surface area (TPSA) is 54.4 Å². The van der Waals surface area contributed by atoms with Crippen molar-refractivity contribution in [1.82, 2.24) is 0 Å². The average molecular weight is 483 g/mol. The second-order valence-electron chi connectivity index (χ2n) is 13.1. The molecule has 5 fully saturated rings. The monoisotopic (exact) mass is 482 g/mol. The summed E-state index contributed by atoms with van der Waals surface area (Å²) in [6.07, 6.45) is 10.7. The van der Waals surface area contributed by atoms with Crippen molar-refractivity contribution in [3.8, 4) is 0 Å². The lowest BCUT2D eigenvalue weighted by atomic mass is 9.43. The number of ketones is 1. The maximum absolute atomic E-state index is 14.2. The van der Waals surface area contributed by atoms with E-state index in [1.54, 1.807) is 0 Å². The SMILES string of the molecule is CC[C@]1(O)CC[C@@]2(C)[C@@H](CC[C@H]3[C@@H]4[C@H](C5CC5)C(S(=O)c5ccccc5)C(=O)[C@@]4(C)CC[C@@H]32)C1. The minimum atomic E-state index is -1.27. The van der Waals surface area contributed by atoms with Gasteiger partial charge in [0.25, 0.3) is 0 Å². The zero-order valence-electron chi connectivity index (χ0n) is 21.2. The molecule has 0 heterocycles. The van der Waals surface area contributed by atoms with E-state index in [2.05, 4.69) is 20.8 Å². The van der Waals surface area contributed by atoms with Gasteiger partial charge in [0.1, 0.15) is 5.25 Å². The smallest absolute Gasteiger partial charge is 0.155 e. The number of carbonyl (C=O) groups is 1. The van der Waals surface area contributed by atoms with Crippen molar-refractivity contribution in [2.24, 2.45) is 46.3 Å². The molecule has 0 aliphatic heterocycles. The molecule has 0 amide bonds. The van der Waals surface area contributed by atoms with Gasteiger partial charge in [-0.1, -0.05) is 39.0 Å². The summed E-state index contributed by atoms with van der Waals surface area (Å²) >= 11 is 0. The third-order valence-electron chi connectivity index (χ3n) is 11.7. The van der Waals surface area contributed by atoms with E-state index in [1.807, 2.05) is 30.3 Å². The van der Waals surface area contributed by atoms with Gasteiger partial charge in [0, 0.05) is 10.3 Å². The molecule has 10 atom stereocenters. The zero-order chi connectivity index (χ0) is 23.9. The van der Waals surface area contributed by atoms with E-state index in [0.717, 1.165) is 43.4 Å². The van der Waals surface area contributed by atoms with Crippen LogP contribution in [-0.2, 0) is 15.6 Å². The summed E-state index contributed by atoms with van der Waals surface area (Å²) in [4.78, 5) is 15.0. The Labute approximate surface area is 207 Å². The van der Waals surface area contributed by atoms with Gasteiger partial charge in [0.15, 0.2) is 5.78 Å². The first-order chi connectivity index (χ1) is 16.2. The van der Waals surface area contributed by atoms with Gasteiger partial charge >= 0.3 is 0 Å². The second-order valence-corrected chi connectivity index (χ2v) is 14.7. The Hall–Kier alpha value is -1.00. The van der Waals surface area contributed by atoms with Crippen LogP contribution in [0.25, 0.3) is 0 Å². The lowest BCUT2D eigenvalue weighted by Crippen LogP contribution is -2.56. The highest BCUT2D eigenvalue weighted by molar-refractivity contribution is 7.86. The Kier molecular flexibility index (Phi) is 5.51. The molecule has 5 saturated carbocycles. The molecule has 0 saturated heterocycles. The van der Waals surface area contributed by atoms with Crippen LogP contribution in [0.4, 0.5) is 0 Å². The van der Waals surface area contributed by atoms with Gasteiger partial charge < -0.3 is 5.11 Å². The molecule has 1 aromatic rings. The van der Waals surface area contributed by atoms with E-state index < -0.39 is 16.4 Å². The van der Waals surface area contributed by atoms with Gasteiger partial charge in [-0.2, -0.15) is 0 Å². The highest BCUT2D eigenvalue weighted by Gasteiger charge is 2.69. The lowest BCUT2D eigenvalue weighted by molar-refractivity contribution is -0.158. The van der Waals surface area contributed by atoms with Crippen LogP contribution in [0.1, 0.15) is 85.0 Å². The number of fused-ring (bicyclic) bond motifs is 5. The van der Waals surface area contributed by atoms with Gasteiger partial charge in [-0.25, -0.2) is 0 Å². The van der Waals surface area contributed by atoms with Crippen LogP contribution in [0.2, 0.25) is 0 Å². The van der Waals surface area contributed by atoms with E-state index in [-0.39, 0.29) is 22.0 Å². The number of aliphatic hydroxyl groups is 1. The first kappa shape index (κ1) is 23.4. The molecule has 34 heavy (non-hydrogen) atoms. The Morgan fingerprint density at radius 2 is 1.74 bits per heavy atom. The Bertz CT molecular complexity index is 988. The lowest BCUT2D eigenvalue weighted by Gasteiger charge is -2.62. The van der Waals surface area contributed by atoms with Crippen LogP contribution >= 0.6 is 0 Å². The van der Waals surface area contributed by atoms with Gasteiger partial charge in [-0.3, -0.25) is 9.00 Å². The molecule has 5 aliphatic carbocycles. The van der Waals surface area contributed by atoms with Crippen LogP contribution < -0.4 is 0 Å². The Morgan fingerprint density at radius 1 is 1.00 bits per heavy atom. The predicted octanol–water partition coefficient (Wildman–Crippen LogP) is 6.16. The molecule has 1 aromatic carbocycles. The van der Waals surface area contributed by atoms with Crippen molar-refractivity contribution in [3.05, 3.63) is 30.3 Å². The molecule has 4 heteroatoms. The van der Waals surface area contributed by atoms with Crippen molar-refractivity contribution in [3.63, 3.8) is 0 Å². The van der Waals surface area contributed by atoms with Gasteiger partial charge in [0.2, 0.25) is 0 Å². The highest BCUT2D eigenvalue weighted by atomic mass is 32.2. The standard InChI is InChI=1S/C30H42O3S/c1-4-30(32)17-16-28(2)20(18-30)12-13-22-23(28)14-15-29(3)25(22)24(19-10-11-19)26(27(29)31)34(33)21-8-6-5-7-9-21/h5-9,19-20,22-26,32H,4,10-18H2,1-3H3/t20-,22+,23-,24-,25+,26?,28-,29-,30-,34?/m0/s1. The molecule has 0 aromatic heterocycles. The molecule has 5 aliphatic rings. The minimum Gasteiger partial charge on any atom is -0.390 e. The molecular formula is C30H42O3S. The van der Waals surface area contributed by atoms with Crippen LogP contribution in [-0.4, -0.2) is 25.9 Å². The average Bonchev–Trinajstić information content (AvgIpc) is 3.65. The van der Waals surface area contributed by atoms with Crippen LogP contribution in [0, 0.1) is 46.3 Å². The maximum Gasteiger partial charge on any atom is 0.155 e. The van der Waals surface area contributed by atoms with E-state index in [1.165, 1.54) is 25.7 Å². The van der Waals surface area contributed by atoms with E-state index >= 15 is 0 Å². The fraction of sp³-hybridized carbons (Fsp3) is 0.767. The minimum absolute atomic E-state index is 0.277. The molecule has 0 bridgehead atoms. The summed E-state index contributed by atoms with van der Waals surface area (Å²) in [7, 11) is -1.27. The zero-order valence-corrected chi connectivity index (χ0v) is 22.0. The molecule has 6 rings (SSSR count). The third-order valence-corrected chi connectivity index (χ3v) is 13.4. The number of Topliss-reactive ketones (excluding diaryl/α,β-unsaturated/α-hetero) is 1. The van der Waals surface area contributed by atoms with Crippen molar-refractivity contribution < 1.29 is 14.1 Å². The van der Waals surface area contributed by atoms with Crippen molar-refractivity contribution in [2.75, 3.05) is 0 Å². The van der Waals surface area contributed by atoms with E-state index in [9.17, 15) is 14.1 Å². The summed E-state index contributed by atoms with van der Waals surface area (Å²) in [5.41, 5.74) is -0.511. The quantitative estimate of drug-likeness (QED) is 0.559. The second kappa shape index (κ2) is 8.00. The third kappa shape index (κ3) is 3.30. The summed E-state index contributed by atoms with van der Waals surface area (Å²) in [6.45, 7) is 6.91. The highest BCUT2D eigenvalue weighted by Crippen LogP contribution is 2.69. The molecular weight excluding hydrogens is 440 g/mol. The summed E-state index contributed by atoms with van der Waals surface area (Å²) < 4.78 is 13.9.